The summed E-state index contributed by atoms with van der Waals surface area (Å²) in [6.45, 7) is 0. The van der Waals surface area contributed by atoms with Crippen LogP contribution in [0.25, 0.3) is 32.3 Å². The Morgan fingerprint density at radius 3 is 0.958 bits per heavy atom. The highest BCUT2D eigenvalue weighted by molar-refractivity contribution is 6.28. The molecule has 0 aliphatic rings. The van der Waals surface area contributed by atoms with Crippen LogP contribution in [0.4, 0.5) is 45.5 Å². The molecule has 0 saturated carbocycles. The molecule has 0 unspecified atom stereocenters. The van der Waals surface area contributed by atoms with E-state index in [1.54, 1.807) is 0 Å². The molecule has 0 heterocycles. The standard InChI is InChI=1S/C44H38N4/c1-45(2)33-19-23-37(24-20-33)47(35-11-7-5-8-12-35)41-29-17-31-16-28-40-42(30-18-32-15-27-39(41)43(31)44(32)40)48(36-13-9-6-10-14-36)38-25-21-34(22-26-38)46(3)4/h5-30H,1-4H3. The number of rotatable bonds is 8. The lowest BCUT2D eigenvalue weighted by atomic mass is 9.91. The van der Waals surface area contributed by atoms with Gasteiger partial charge >= 0.3 is 0 Å². The van der Waals surface area contributed by atoms with E-state index in [0.29, 0.717) is 0 Å². The summed E-state index contributed by atoms with van der Waals surface area (Å²) in [5, 5.41) is 7.50. The monoisotopic (exact) mass is 622 g/mol. The second kappa shape index (κ2) is 12.0. The highest BCUT2D eigenvalue weighted by Crippen LogP contribution is 2.47. The normalized spacial score (nSPS) is 11.3. The zero-order valence-electron chi connectivity index (χ0n) is 27.8. The summed E-state index contributed by atoms with van der Waals surface area (Å²) in [4.78, 5) is 9.04. The molecule has 0 atom stereocenters. The van der Waals surface area contributed by atoms with Crippen molar-refractivity contribution in [3.8, 4) is 0 Å². The van der Waals surface area contributed by atoms with Crippen molar-refractivity contribution in [2.24, 2.45) is 0 Å². The molecule has 0 fully saturated rings. The first-order valence-electron chi connectivity index (χ1n) is 16.4. The molecule has 0 aliphatic heterocycles. The van der Waals surface area contributed by atoms with E-state index >= 15 is 0 Å². The first kappa shape index (κ1) is 29.4. The van der Waals surface area contributed by atoms with Gasteiger partial charge in [0.2, 0.25) is 0 Å². The molecular weight excluding hydrogens is 585 g/mol. The fraction of sp³-hybridized carbons (Fsp3) is 0.0909. The van der Waals surface area contributed by atoms with Gasteiger partial charge in [0, 0.05) is 73.1 Å². The number of para-hydroxylation sites is 2. The number of hydrogen-bond acceptors (Lipinski definition) is 4. The van der Waals surface area contributed by atoms with Crippen molar-refractivity contribution in [3.63, 3.8) is 0 Å². The van der Waals surface area contributed by atoms with E-state index in [-0.39, 0.29) is 0 Å². The molecule has 8 rings (SSSR count). The van der Waals surface area contributed by atoms with Crippen LogP contribution in [0.5, 0.6) is 0 Å². The molecule has 0 aromatic heterocycles. The Bertz CT molecular complexity index is 2160. The third-order valence-corrected chi connectivity index (χ3v) is 9.38. The Hall–Kier alpha value is -6.00. The topological polar surface area (TPSA) is 13.0 Å². The molecule has 0 spiro atoms. The van der Waals surface area contributed by atoms with Crippen molar-refractivity contribution in [2.45, 2.75) is 0 Å². The van der Waals surface area contributed by atoms with Crippen molar-refractivity contribution in [1.82, 2.24) is 0 Å². The zero-order valence-corrected chi connectivity index (χ0v) is 27.8. The van der Waals surface area contributed by atoms with Gasteiger partial charge in [-0.05, 0) is 106 Å². The predicted octanol–water partition coefficient (Wildman–Crippen LogP) is 11.7. The molecule has 8 aromatic carbocycles. The minimum atomic E-state index is 1.12. The Kier molecular flexibility index (Phi) is 7.34. The fourth-order valence-corrected chi connectivity index (χ4v) is 6.97. The van der Waals surface area contributed by atoms with Gasteiger partial charge in [-0.3, -0.25) is 0 Å². The summed E-state index contributed by atoms with van der Waals surface area (Å²) >= 11 is 0. The maximum atomic E-state index is 2.38. The van der Waals surface area contributed by atoms with Crippen LogP contribution in [-0.2, 0) is 0 Å². The van der Waals surface area contributed by atoms with Crippen LogP contribution < -0.4 is 19.6 Å². The smallest absolute Gasteiger partial charge is 0.0540 e. The van der Waals surface area contributed by atoms with Gasteiger partial charge in [-0.15, -0.1) is 0 Å². The molecule has 8 aromatic rings. The van der Waals surface area contributed by atoms with Gasteiger partial charge in [0.15, 0.2) is 0 Å². The van der Waals surface area contributed by atoms with Gasteiger partial charge in [-0.2, -0.15) is 0 Å². The largest absolute Gasteiger partial charge is 0.378 e. The highest BCUT2D eigenvalue weighted by Gasteiger charge is 2.21. The molecule has 0 radical (unpaired) electrons. The zero-order chi connectivity index (χ0) is 32.8. The number of anilines is 8. The molecule has 0 aliphatic carbocycles. The van der Waals surface area contributed by atoms with Gasteiger partial charge in [0.25, 0.3) is 0 Å². The van der Waals surface area contributed by atoms with E-state index in [2.05, 4.69) is 206 Å². The predicted molar refractivity (Wildman–Crippen MR) is 208 cm³/mol. The van der Waals surface area contributed by atoms with E-state index in [4.69, 9.17) is 0 Å². The fourth-order valence-electron chi connectivity index (χ4n) is 6.97. The molecular formula is C44H38N4. The van der Waals surface area contributed by atoms with Gasteiger partial charge < -0.3 is 19.6 Å². The van der Waals surface area contributed by atoms with Gasteiger partial charge in [0.05, 0.1) is 11.4 Å². The Balaban J connectivity index is 1.37. The number of benzene rings is 8. The van der Waals surface area contributed by atoms with Gasteiger partial charge in [0.1, 0.15) is 0 Å². The Morgan fingerprint density at radius 1 is 0.292 bits per heavy atom. The molecule has 4 heteroatoms. The molecule has 48 heavy (non-hydrogen) atoms. The number of nitrogens with zero attached hydrogens (tertiary/aromatic N) is 4. The van der Waals surface area contributed by atoms with E-state index in [9.17, 15) is 0 Å². The maximum Gasteiger partial charge on any atom is 0.0540 e. The molecule has 0 N–H and O–H groups in total. The quantitative estimate of drug-likeness (QED) is 0.156. The molecule has 0 bridgehead atoms. The lowest BCUT2D eigenvalue weighted by Gasteiger charge is -2.29. The molecule has 0 saturated heterocycles. The second-order valence-electron chi connectivity index (χ2n) is 12.8. The average molecular weight is 623 g/mol. The van der Waals surface area contributed by atoms with E-state index in [1.165, 1.54) is 43.7 Å². The highest BCUT2D eigenvalue weighted by atomic mass is 15.2. The Morgan fingerprint density at radius 2 is 0.604 bits per heavy atom. The van der Waals surface area contributed by atoms with Crippen molar-refractivity contribution in [3.05, 3.63) is 158 Å². The van der Waals surface area contributed by atoms with Crippen molar-refractivity contribution in [2.75, 3.05) is 47.8 Å². The van der Waals surface area contributed by atoms with Gasteiger partial charge in [-0.1, -0.05) is 72.8 Å². The average Bonchev–Trinajstić information content (AvgIpc) is 3.13. The molecule has 0 amide bonds. The van der Waals surface area contributed by atoms with Crippen LogP contribution in [0.1, 0.15) is 0 Å². The van der Waals surface area contributed by atoms with Crippen molar-refractivity contribution >= 4 is 77.8 Å². The second-order valence-corrected chi connectivity index (χ2v) is 12.8. The molecule has 4 nitrogen and oxygen atoms in total. The summed E-state index contributed by atoms with van der Waals surface area (Å²) in [5.74, 6) is 0. The van der Waals surface area contributed by atoms with Gasteiger partial charge in [-0.25, -0.2) is 0 Å². The van der Waals surface area contributed by atoms with E-state index < -0.39 is 0 Å². The van der Waals surface area contributed by atoms with E-state index in [0.717, 1.165) is 34.1 Å². The van der Waals surface area contributed by atoms with Crippen LogP contribution in [0.15, 0.2) is 158 Å². The summed E-state index contributed by atoms with van der Waals surface area (Å²) in [6.07, 6.45) is 0. The molecule has 234 valence electrons. The lowest BCUT2D eigenvalue weighted by Crippen LogP contribution is -2.12. The van der Waals surface area contributed by atoms with Crippen LogP contribution in [0.3, 0.4) is 0 Å². The summed E-state index contributed by atoms with van der Waals surface area (Å²) in [5.41, 5.74) is 9.17. The van der Waals surface area contributed by atoms with Crippen LogP contribution in [0, 0.1) is 0 Å². The summed E-state index contributed by atoms with van der Waals surface area (Å²) < 4.78 is 0. The van der Waals surface area contributed by atoms with Crippen LogP contribution in [-0.4, -0.2) is 28.2 Å². The summed E-state index contributed by atoms with van der Waals surface area (Å²) in [7, 11) is 8.32. The third-order valence-electron chi connectivity index (χ3n) is 9.38. The van der Waals surface area contributed by atoms with Crippen molar-refractivity contribution < 1.29 is 0 Å². The minimum Gasteiger partial charge on any atom is -0.378 e. The SMILES string of the molecule is CN(C)c1ccc(N(c2ccccc2)c2ccc3ccc4c(N(c5ccccc5)c5ccc(N(C)C)cc5)ccc5ccc2c3c54)cc1. The van der Waals surface area contributed by atoms with Crippen LogP contribution >= 0.6 is 0 Å². The number of hydrogen-bond donors (Lipinski definition) is 0. The van der Waals surface area contributed by atoms with E-state index in [1.807, 2.05) is 0 Å². The third kappa shape index (κ3) is 5.03. The lowest BCUT2D eigenvalue weighted by molar-refractivity contribution is 1.13. The Labute approximate surface area is 282 Å². The first-order valence-corrected chi connectivity index (χ1v) is 16.4. The minimum absolute atomic E-state index is 1.12. The first-order chi connectivity index (χ1) is 23.5. The van der Waals surface area contributed by atoms with Crippen molar-refractivity contribution in [1.29, 1.82) is 0 Å². The van der Waals surface area contributed by atoms with Crippen LogP contribution in [0.2, 0.25) is 0 Å². The maximum absolute atomic E-state index is 2.38. The summed E-state index contributed by atoms with van der Waals surface area (Å²) in [6, 6.07) is 57.3.